The van der Waals surface area contributed by atoms with Crippen molar-refractivity contribution < 1.29 is 9.53 Å². The van der Waals surface area contributed by atoms with Gasteiger partial charge in [0.25, 0.3) is 5.91 Å². The highest BCUT2D eigenvalue weighted by atomic mass is 16.5. The summed E-state index contributed by atoms with van der Waals surface area (Å²) in [5.41, 5.74) is 3.18. The number of pyridine rings is 1. The summed E-state index contributed by atoms with van der Waals surface area (Å²) in [7, 11) is 1.60. The fraction of sp³-hybridized carbons (Fsp3) is 0.100. The van der Waals surface area contributed by atoms with Crippen LogP contribution in [0.5, 0.6) is 5.75 Å². The molecule has 0 unspecified atom stereocenters. The quantitative estimate of drug-likeness (QED) is 0.727. The highest BCUT2D eigenvalue weighted by Gasteiger charge is 2.13. The van der Waals surface area contributed by atoms with Crippen molar-refractivity contribution >= 4 is 23.1 Å². The lowest BCUT2D eigenvalue weighted by Crippen LogP contribution is -2.14. The number of benzene rings is 2. The van der Waals surface area contributed by atoms with E-state index in [4.69, 9.17) is 4.74 Å². The summed E-state index contributed by atoms with van der Waals surface area (Å²) >= 11 is 0. The van der Waals surface area contributed by atoms with Crippen molar-refractivity contribution in [3.63, 3.8) is 0 Å². The third-order valence-electron chi connectivity index (χ3n) is 3.68. The van der Waals surface area contributed by atoms with Crippen molar-refractivity contribution in [1.29, 1.82) is 0 Å². The lowest BCUT2D eigenvalue weighted by molar-refractivity contribution is 0.102. The molecule has 0 aliphatic carbocycles. The molecule has 0 fully saturated rings. The van der Waals surface area contributed by atoms with Gasteiger partial charge in [0.2, 0.25) is 0 Å². The molecule has 5 heteroatoms. The van der Waals surface area contributed by atoms with E-state index in [-0.39, 0.29) is 5.91 Å². The summed E-state index contributed by atoms with van der Waals surface area (Å²) in [6.07, 6.45) is 1.66. The SMILES string of the molecule is COc1ccc(NC(=O)c2cccnc2Nc2cccc(C)c2)cc1. The molecule has 0 bridgehead atoms. The van der Waals surface area contributed by atoms with Crippen molar-refractivity contribution in [1.82, 2.24) is 4.98 Å². The van der Waals surface area contributed by atoms with Crippen LogP contribution >= 0.6 is 0 Å². The number of ether oxygens (including phenoxy) is 1. The molecular weight excluding hydrogens is 314 g/mol. The monoisotopic (exact) mass is 333 g/mol. The maximum atomic E-state index is 12.6. The molecule has 2 aromatic carbocycles. The minimum atomic E-state index is -0.228. The predicted molar refractivity (Wildman–Crippen MR) is 99.6 cm³/mol. The summed E-state index contributed by atoms with van der Waals surface area (Å²) in [5.74, 6) is 1.02. The fourth-order valence-corrected chi connectivity index (χ4v) is 2.42. The molecule has 3 aromatic rings. The van der Waals surface area contributed by atoms with Gasteiger partial charge in [-0.1, -0.05) is 12.1 Å². The molecular formula is C20H19N3O2. The molecule has 126 valence electrons. The molecule has 1 heterocycles. The minimum absolute atomic E-state index is 0.228. The maximum Gasteiger partial charge on any atom is 0.259 e. The van der Waals surface area contributed by atoms with Crippen LogP contribution in [-0.4, -0.2) is 18.0 Å². The number of nitrogens with zero attached hydrogens (tertiary/aromatic N) is 1. The van der Waals surface area contributed by atoms with Crippen LogP contribution in [0.3, 0.4) is 0 Å². The van der Waals surface area contributed by atoms with Gasteiger partial charge in [0, 0.05) is 17.6 Å². The van der Waals surface area contributed by atoms with E-state index >= 15 is 0 Å². The van der Waals surface area contributed by atoms with Crippen LogP contribution in [0, 0.1) is 6.92 Å². The van der Waals surface area contributed by atoms with Crippen molar-refractivity contribution in [2.75, 3.05) is 17.7 Å². The van der Waals surface area contributed by atoms with Crippen LogP contribution in [-0.2, 0) is 0 Å². The molecule has 0 atom stereocenters. The van der Waals surface area contributed by atoms with Gasteiger partial charge in [-0.15, -0.1) is 0 Å². The van der Waals surface area contributed by atoms with Gasteiger partial charge in [0.05, 0.1) is 12.7 Å². The Hall–Kier alpha value is -3.34. The third kappa shape index (κ3) is 4.14. The van der Waals surface area contributed by atoms with Gasteiger partial charge >= 0.3 is 0 Å². The summed E-state index contributed by atoms with van der Waals surface area (Å²) in [5, 5.41) is 6.08. The number of methoxy groups -OCH3 is 1. The molecule has 25 heavy (non-hydrogen) atoms. The van der Waals surface area contributed by atoms with Gasteiger partial charge in [0.1, 0.15) is 11.6 Å². The zero-order valence-electron chi connectivity index (χ0n) is 14.1. The Morgan fingerprint density at radius 3 is 2.52 bits per heavy atom. The zero-order chi connectivity index (χ0) is 17.6. The largest absolute Gasteiger partial charge is 0.497 e. The summed E-state index contributed by atoms with van der Waals surface area (Å²) < 4.78 is 5.12. The first-order valence-corrected chi connectivity index (χ1v) is 7.90. The lowest BCUT2D eigenvalue weighted by Gasteiger charge is -2.12. The number of hydrogen-bond donors (Lipinski definition) is 2. The van der Waals surface area contributed by atoms with Crippen LogP contribution < -0.4 is 15.4 Å². The first-order chi connectivity index (χ1) is 12.2. The van der Waals surface area contributed by atoms with Crippen LogP contribution in [0.15, 0.2) is 66.9 Å². The predicted octanol–water partition coefficient (Wildman–Crippen LogP) is 4.39. The molecule has 0 aliphatic heterocycles. The molecule has 5 nitrogen and oxygen atoms in total. The summed E-state index contributed by atoms with van der Waals surface area (Å²) in [4.78, 5) is 16.9. The van der Waals surface area contributed by atoms with E-state index in [1.165, 1.54) is 0 Å². The van der Waals surface area contributed by atoms with E-state index < -0.39 is 0 Å². The molecule has 0 radical (unpaired) electrons. The number of carbonyl (C=O) groups is 1. The van der Waals surface area contributed by atoms with Gasteiger partial charge in [0.15, 0.2) is 0 Å². The van der Waals surface area contributed by atoms with E-state index in [0.717, 1.165) is 17.0 Å². The van der Waals surface area contributed by atoms with Crippen molar-refractivity contribution in [2.24, 2.45) is 0 Å². The standard InChI is InChI=1S/C20H19N3O2/c1-14-5-3-6-16(13-14)22-19-18(7-4-12-21-19)20(24)23-15-8-10-17(25-2)11-9-15/h3-13H,1-2H3,(H,21,22)(H,23,24). The Kier molecular flexibility index (Phi) is 4.95. The number of hydrogen-bond acceptors (Lipinski definition) is 4. The molecule has 1 aromatic heterocycles. The first-order valence-electron chi connectivity index (χ1n) is 7.90. The van der Waals surface area contributed by atoms with Gasteiger partial charge in [-0.2, -0.15) is 0 Å². The molecule has 2 N–H and O–H groups in total. The Morgan fingerprint density at radius 1 is 1.00 bits per heavy atom. The average Bonchev–Trinajstić information content (AvgIpc) is 2.63. The van der Waals surface area contributed by atoms with Gasteiger partial charge in [-0.25, -0.2) is 4.98 Å². The highest BCUT2D eigenvalue weighted by molar-refractivity contribution is 6.07. The molecule has 3 rings (SSSR count). The number of amides is 1. The van der Waals surface area contributed by atoms with Gasteiger partial charge in [-0.05, 0) is 61.0 Å². The summed E-state index contributed by atoms with van der Waals surface area (Å²) in [6, 6.07) is 18.6. The molecule has 0 spiro atoms. The number of carbonyl (C=O) groups excluding carboxylic acids is 1. The van der Waals surface area contributed by atoms with E-state index in [1.807, 2.05) is 31.2 Å². The second-order valence-electron chi connectivity index (χ2n) is 5.58. The van der Waals surface area contributed by atoms with Crippen molar-refractivity contribution in [2.45, 2.75) is 6.92 Å². The average molecular weight is 333 g/mol. The van der Waals surface area contributed by atoms with E-state index in [2.05, 4.69) is 15.6 Å². The number of nitrogens with one attached hydrogen (secondary N) is 2. The number of aryl methyl sites for hydroxylation is 1. The zero-order valence-corrected chi connectivity index (χ0v) is 14.1. The van der Waals surface area contributed by atoms with Gasteiger partial charge < -0.3 is 15.4 Å². The number of anilines is 3. The van der Waals surface area contributed by atoms with Crippen LogP contribution in [0.4, 0.5) is 17.2 Å². The third-order valence-corrected chi connectivity index (χ3v) is 3.68. The molecule has 0 saturated heterocycles. The lowest BCUT2D eigenvalue weighted by atomic mass is 10.2. The Labute approximate surface area is 146 Å². The van der Waals surface area contributed by atoms with Crippen molar-refractivity contribution in [3.8, 4) is 5.75 Å². The maximum absolute atomic E-state index is 12.6. The van der Waals surface area contributed by atoms with Gasteiger partial charge in [-0.3, -0.25) is 4.79 Å². The first kappa shape index (κ1) is 16.5. The minimum Gasteiger partial charge on any atom is -0.497 e. The van der Waals surface area contributed by atoms with Crippen molar-refractivity contribution in [3.05, 3.63) is 78.0 Å². The number of aromatic nitrogens is 1. The fourth-order valence-electron chi connectivity index (χ4n) is 2.42. The van der Waals surface area contributed by atoms with Crippen LogP contribution in [0.1, 0.15) is 15.9 Å². The Bertz CT molecular complexity index is 876. The second kappa shape index (κ2) is 7.49. The van der Waals surface area contributed by atoms with E-state index in [0.29, 0.717) is 17.1 Å². The Morgan fingerprint density at radius 2 is 1.80 bits per heavy atom. The second-order valence-corrected chi connectivity index (χ2v) is 5.58. The normalized spacial score (nSPS) is 10.2. The molecule has 0 saturated carbocycles. The topological polar surface area (TPSA) is 63.2 Å². The molecule has 0 aliphatic rings. The highest BCUT2D eigenvalue weighted by Crippen LogP contribution is 2.21. The summed E-state index contributed by atoms with van der Waals surface area (Å²) in [6.45, 7) is 2.01. The van der Waals surface area contributed by atoms with Crippen LogP contribution in [0.2, 0.25) is 0 Å². The Balaban J connectivity index is 1.80. The van der Waals surface area contributed by atoms with E-state index in [1.54, 1.807) is 49.7 Å². The van der Waals surface area contributed by atoms with Crippen LogP contribution in [0.25, 0.3) is 0 Å². The molecule has 1 amide bonds. The van der Waals surface area contributed by atoms with E-state index in [9.17, 15) is 4.79 Å². The number of rotatable bonds is 5. The smallest absolute Gasteiger partial charge is 0.259 e.